The number of carbonyl (C=O) groups excluding carboxylic acids is 4. The molecule has 2 heterocycles. The Morgan fingerprint density at radius 1 is 0.619 bits per heavy atom. The molecular formula is C34H30N2O6. The summed E-state index contributed by atoms with van der Waals surface area (Å²) in [6, 6.07) is 23.3. The third-order valence-electron chi connectivity index (χ3n) is 9.24. The maximum Gasteiger partial charge on any atom is 0.239 e. The minimum absolute atomic E-state index is 0.366. The number of hydrogen-bond acceptors (Lipinski definition) is 6. The highest BCUT2D eigenvalue weighted by Crippen LogP contribution is 2.65. The number of allylic oxidation sites excluding steroid dienone is 2. The highest BCUT2D eigenvalue weighted by molar-refractivity contribution is 6.27. The molecule has 5 aliphatic rings. The highest BCUT2D eigenvalue weighted by Gasteiger charge is 2.75. The molecular weight excluding hydrogens is 532 g/mol. The lowest BCUT2D eigenvalue weighted by Crippen LogP contribution is -2.60. The van der Waals surface area contributed by atoms with Crippen LogP contribution in [0.4, 0.5) is 11.4 Å². The Balaban J connectivity index is 1.41. The van der Waals surface area contributed by atoms with Crippen molar-refractivity contribution in [3.05, 3.63) is 96.6 Å². The zero-order chi connectivity index (χ0) is 29.2. The maximum atomic E-state index is 14.5. The van der Waals surface area contributed by atoms with E-state index in [1.165, 1.54) is 9.80 Å². The molecule has 3 aliphatic carbocycles. The highest BCUT2D eigenvalue weighted by atomic mass is 16.5. The summed E-state index contributed by atoms with van der Waals surface area (Å²) in [6.07, 6.45) is 3.81. The fourth-order valence-electron chi connectivity index (χ4n) is 7.79. The lowest BCUT2D eigenvalue weighted by molar-refractivity contribution is -0.140. The summed E-state index contributed by atoms with van der Waals surface area (Å²) in [5.41, 5.74) is 0.282. The predicted molar refractivity (Wildman–Crippen MR) is 155 cm³/mol. The molecule has 0 spiro atoms. The molecule has 0 aromatic heterocycles. The quantitative estimate of drug-likeness (QED) is 0.310. The molecule has 212 valence electrons. The third-order valence-corrected chi connectivity index (χ3v) is 9.24. The summed E-state index contributed by atoms with van der Waals surface area (Å²) in [5.74, 6) is -4.63. The molecule has 8 nitrogen and oxygen atoms in total. The molecule has 2 bridgehead atoms. The molecule has 8 heteroatoms. The molecule has 4 unspecified atom stereocenters. The fourth-order valence-corrected chi connectivity index (χ4v) is 7.79. The molecule has 4 atom stereocenters. The summed E-state index contributed by atoms with van der Waals surface area (Å²) in [5, 5.41) is 0. The van der Waals surface area contributed by atoms with Crippen molar-refractivity contribution in [1.82, 2.24) is 0 Å². The largest absolute Gasteiger partial charge is 0.492 e. The van der Waals surface area contributed by atoms with Crippen molar-refractivity contribution in [2.45, 2.75) is 19.3 Å². The fraction of sp³-hybridized carbons (Fsp3) is 0.294. The molecule has 42 heavy (non-hydrogen) atoms. The normalized spacial score (nSPS) is 29.2. The van der Waals surface area contributed by atoms with Gasteiger partial charge in [-0.3, -0.25) is 19.2 Å². The topological polar surface area (TPSA) is 93.2 Å². The van der Waals surface area contributed by atoms with Crippen molar-refractivity contribution in [1.29, 1.82) is 0 Å². The lowest BCUT2D eigenvalue weighted by Gasteiger charge is -2.53. The summed E-state index contributed by atoms with van der Waals surface area (Å²) >= 11 is 0. The second-order valence-electron chi connectivity index (χ2n) is 11.1. The van der Waals surface area contributed by atoms with Gasteiger partial charge in [0.1, 0.15) is 11.5 Å². The molecule has 1 saturated carbocycles. The summed E-state index contributed by atoms with van der Waals surface area (Å²) in [4.78, 5) is 60.1. The molecule has 0 radical (unpaired) electrons. The van der Waals surface area contributed by atoms with Crippen LogP contribution in [0.3, 0.4) is 0 Å². The van der Waals surface area contributed by atoms with Crippen molar-refractivity contribution in [3.63, 3.8) is 0 Å². The Kier molecular flexibility index (Phi) is 6.04. The average molecular weight is 563 g/mol. The first-order valence-electron chi connectivity index (χ1n) is 14.4. The molecule has 2 saturated heterocycles. The van der Waals surface area contributed by atoms with E-state index in [2.05, 4.69) is 0 Å². The zero-order valence-electron chi connectivity index (χ0n) is 23.3. The molecule has 4 amide bonds. The van der Waals surface area contributed by atoms with Crippen molar-refractivity contribution in [3.8, 4) is 11.5 Å². The molecule has 3 aromatic carbocycles. The second-order valence-corrected chi connectivity index (χ2v) is 11.1. The van der Waals surface area contributed by atoms with Crippen LogP contribution in [0.1, 0.15) is 19.4 Å². The predicted octanol–water partition coefficient (Wildman–Crippen LogP) is 4.53. The van der Waals surface area contributed by atoms with Crippen LogP contribution in [0.15, 0.2) is 91.0 Å². The van der Waals surface area contributed by atoms with Gasteiger partial charge in [0.25, 0.3) is 0 Å². The third kappa shape index (κ3) is 3.35. The van der Waals surface area contributed by atoms with Crippen LogP contribution in [-0.4, -0.2) is 36.8 Å². The number of hydrogen-bond donors (Lipinski definition) is 0. The van der Waals surface area contributed by atoms with Gasteiger partial charge in [-0.25, -0.2) is 9.80 Å². The van der Waals surface area contributed by atoms with Gasteiger partial charge in [-0.2, -0.15) is 0 Å². The number of imide groups is 2. The first-order valence-corrected chi connectivity index (χ1v) is 14.4. The van der Waals surface area contributed by atoms with Gasteiger partial charge in [0.05, 0.1) is 48.3 Å². The number of nitrogens with zero attached hydrogens (tertiary/aromatic N) is 2. The van der Waals surface area contributed by atoms with Gasteiger partial charge < -0.3 is 9.47 Å². The first kappa shape index (κ1) is 26.2. The molecule has 0 N–H and O–H groups in total. The van der Waals surface area contributed by atoms with Gasteiger partial charge in [-0.15, -0.1) is 0 Å². The number of ether oxygens (including phenoxy) is 2. The second kappa shape index (κ2) is 9.69. The first-order chi connectivity index (χ1) is 20.5. The van der Waals surface area contributed by atoms with Gasteiger partial charge in [0.15, 0.2) is 0 Å². The molecule has 8 rings (SSSR count). The smallest absolute Gasteiger partial charge is 0.239 e. The van der Waals surface area contributed by atoms with Gasteiger partial charge in [-0.1, -0.05) is 66.7 Å². The minimum Gasteiger partial charge on any atom is -0.492 e. The molecule has 3 fully saturated rings. The Hall–Kier alpha value is -4.72. The van der Waals surface area contributed by atoms with Crippen LogP contribution in [0, 0.1) is 29.6 Å². The van der Waals surface area contributed by atoms with E-state index in [9.17, 15) is 19.2 Å². The van der Waals surface area contributed by atoms with E-state index < -0.39 is 35.0 Å². The number of amides is 4. The SMILES string of the molecule is CCOc1ccccc1N1C(=O)C2C3C=CC(c4ccccc4)(C2C1=O)C1C(=O)N(c2ccccc2OCC)C(=O)C31. The summed E-state index contributed by atoms with van der Waals surface area (Å²) in [6.45, 7) is 4.41. The van der Waals surface area contributed by atoms with Crippen molar-refractivity contribution < 1.29 is 28.7 Å². The van der Waals surface area contributed by atoms with Crippen LogP contribution in [0.5, 0.6) is 11.5 Å². The molecule has 2 aliphatic heterocycles. The van der Waals surface area contributed by atoms with Crippen molar-refractivity contribution >= 4 is 35.0 Å². The minimum atomic E-state index is -1.20. The number of benzene rings is 3. The summed E-state index contributed by atoms with van der Waals surface area (Å²) < 4.78 is 11.6. The Labute approximate surface area is 243 Å². The van der Waals surface area contributed by atoms with E-state index in [1.807, 2.05) is 56.3 Å². The summed E-state index contributed by atoms with van der Waals surface area (Å²) in [7, 11) is 0. The van der Waals surface area contributed by atoms with Gasteiger partial charge >= 0.3 is 0 Å². The number of rotatable bonds is 7. The van der Waals surface area contributed by atoms with Crippen molar-refractivity contribution in [2.24, 2.45) is 29.6 Å². The Bertz CT molecular complexity index is 1550. The zero-order valence-corrected chi connectivity index (χ0v) is 23.3. The van der Waals surface area contributed by atoms with Crippen LogP contribution in [0.25, 0.3) is 0 Å². The Morgan fingerprint density at radius 2 is 1.07 bits per heavy atom. The van der Waals surface area contributed by atoms with Crippen LogP contribution >= 0.6 is 0 Å². The average Bonchev–Trinajstić information content (AvgIpc) is 3.45. The number of anilines is 2. The Morgan fingerprint density at radius 3 is 1.55 bits per heavy atom. The van der Waals surface area contributed by atoms with Crippen molar-refractivity contribution in [2.75, 3.05) is 23.0 Å². The standard InChI is InChI=1S/C34H30N2O6/c1-3-41-24-16-10-8-14-22(24)35-30(37)26-21-18-19-34(28(26)32(35)39,20-12-6-5-7-13-20)29-27(21)31(38)36(33(29)40)23-15-9-11-17-25(23)42-4-2/h5-19,21,26-29H,3-4H2,1-2H3. The van der Waals surface area contributed by atoms with E-state index in [-0.39, 0.29) is 23.6 Å². The van der Waals surface area contributed by atoms with Crippen LogP contribution < -0.4 is 19.3 Å². The maximum absolute atomic E-state index is 14.5. The lowest BCUT2D eigenvalue weighted by atomic mass is 9.45. The van der Waals surface area contributed by atoms with E-state index in [0.717, 1.165) is 5.56 Å². The monoisotopic (exact) mass is 562 g/mol. The molecule has 3 aromatic rings. The van der Waals surface area contributed by atoms with Crippen LogP contribution in [0.2, 0.25) is 0 Å². The van der Waals surface area contributed by atoms with E-state index in [4.69, 9.17) is 9.47 Å². The van der Waals surface area contributed by atoms with E-state index in [1.54, 1.807) is 48.5 Å². The van der Waals surface area contributed by atoms with Crippen LogP contribution in [-0.2, 0) is 24.6 Å². The number of para-hydroxylation sites is 4. The number of carbonyl (C=O) groups is 4. The van der Waals surface area contributed by atoms with Gasteiger partial charge in [0, 0.05) is 11.3 Å². The van der Waals surface area contributed by atoms with Gasteiger partial charge in [0.2, 0.25) is 23.6 Å². The van der Waals surface area contributed by atoms with E-state index >= 15 is 0 Å². The van der Waals surface area contributed by atoms with Gasteiger partial charge in [-0.05, 0) is 43.7 Å². The van der Waals surface area contributed by atoms with E-state index in [0.29, 0.717) is 36.1 Å².